The van der Waals surface area contributed by atoms with E-state index in [2.05, 4.69) is 30.4 Å². The van der Waals surface area contributed by atoms with Crippen LogP contribution in [0.5, 0.6) is 0 Å². The molecule has 1 N–H and O–H groups in total. The minimum atomic E-state index is 0.899. The van der Waals surface area contributed by atoms with Gasteiger partial charge in [-0.25, -0.2) is 0 Å². The lowest BCUT2D eigenvalue weighted by atomic mass is 9.83. The second-order valence-electron chi connectivity index (χ2n) is 6.66. The molecule has 1 saturated carbocycles. The van der Waals surface area contributed by atoms with Crippen LogP contribution in [0.2, 0.25) is 0 Å². The highest BCUT2D eigenvalue weighted by Crippen LogP contribution is 2.31. The maximum absolute atomic E-state index is 3.76. The van der Waals surface area contributed by atoms with Crippen LogP contribution in [0.3, 0.4) is 0 Å². The predicted octanol–water partition coefficient (Wildman–Crippen LogP) is 4.80. The molecule has 1 fully saturated rings. The van der Waals surface area contributed by atoms with Gasteiger partial charge >= 0.3 is 0 Å². The topological polar surface area (TPSA) is 12.0 Å². The summed E-state index contributed by atoms with van der Waals surface area (Å²) in [7, 11) is 0. The minimum Gasteiger partial charge on any atom is -0.385 e. The van der Waals surface area contributed by atoms with Gasteiger partial charge in [-0.1, -0.05) is 31.9 Å². The van der Waals surface area contributed by atoms with Gasteiger partial charge in [-0.05, 0) is 67.6 Å². The molecule has 0 radical (unpaired) electrons. The zero-order valence-corrected chi connectivity index (χ0v) is 12.3. The van der Waals surface area contributed by atoms with Gasteiger partial charge in [-0.15, -0.1) is 0 Å². The summed E-state index contributed by atoms with van der Waals surface area (Å²) in [5, 5.41) is 3.76. The summed E-state index contributed by atoms with van der Waals surface area (Å²) in [5.74, 6) is 1.86. The Hall–Kier alpha value is -0.980. The molecule has 104 valence electrons. The van der Waals surface area contributed by atoms with E-state index in [0.717, 1.165) is 11.8 Å². The maximum Gasteiger partial charge on any atom is 0.0375 e. The highest BCUT2D eigenvalue weighted by Gasteiger charge is 2.19. The van der Waals surface area contributed by atoms with Crippen LogP contribution in [-0.2, 0) is 12.8 Å². The lowest BCUT2D eigenvalue weighted by Crippen LogP contribution is -2.21. The molecular formula is C18H27N. The molecule has 1 aromatic carbocycles. The van der Waals surface area contributed by atoms with Crippen molar-refractivity contribution < 1.29 is 0 Å². The van der Waals surface area contributed by atoms with E-state index in [0.29, 0.717) is 0 Å². The Bertz CT molecular complexity index is 416. The van der Waals surface area contributed by atoms with Crippen LogP contribution < -0.4 is 5.32 Å². The van der Waals surface area contributed by atoms with Gasteiger partial charge in [0.25, 0.3) is 0 Å². The highest BCUT2D eigenvalue weighted by molar-refractivity contribution is 5.55. The van der Waals surface area contributed by atoms with Crippen molar-refractivity contribution in [2.45, 2.75) is 58.3 Å². The molecule has 0 bridgehead atoms. The molecule has 2 aliphatic carbocycles. The number of rotatable bonds is 3. The summed E-state index contributed by atoms with van der Waals surface area (Å²) in [5.41, 5.74) is 4.63. The number of anilines is 1. The van der Waals surface area contributed by atoms with Crippen molar-refractivity contribution in [2.75, 3.05) is 11.9 Å². The molecule has 0 saturated heterocycles. The van der Waals surface area contributed by atoms with E-state index in [-0.39, 0.29) is 0 Å². The Morgan fingerprint density at radius 2 is 1.84 bits per heavy atom. The fourth-order valence-corrected chi connectivity index (χ4v) is 3.73. The molecule has 1 aromatic rings. The summed E-state index contributed by atoms with van der Waals surface area (Å²) >= 11 is 0. The summed E-state index contributed by atoms with van der Waals surface area (Å²) in [6.45, 7) is 3.58. The molecule has 0 spiro atoms. The molecule has 0 aliphatic heterocycles. The van der Waals surface area contributed by atoms with Crippen molar-refractivity contribution in [2.24, 2.45) is 11.8 Å². The van der Waals surface area contributed by atoms with Crippen LogP contribution in [0, 0.1) is 11.8 Å². The minimum absolute atomic E-state index is 0.899. The molecule has 0 amide bonds. The Morgan fingerprint density at radius 3 is 2.68 bits per heavy atom. The van der Waals surface area contributed by atoms with Crippen molar-refractivity contribution in [3.05, 3.63) is 29.3 Å². The Kier molecular flexibility index (Phi) is 4.10. The van der Waals surface area contributed by atoms with E-state index in [1.165, 1.54) is 63.6 Å². The first-order chi connectivity index (χ1) is 9.33. The zero-order valence-electron chi connectivity index (χ0n) is 12.3. The van der Waals surface area contributed by atoms with Crippen LogP contribution in [0.25, 0.3) is 0 Å². The third kappa shape index (κ3) is 3.13. The van der Waals surface area contributed by atoms with E-state index in [9.17, 15) is 0 Å². The van der Waals surface area contributed by atoms with Crippen LogP contribution in [0.1, 0.15) is 56.6 Å². The molecule has 1 heteroatoms. The lowest BCUT2D eigenvalue weighted by molar-refractivity contribution is 0.300. The van der Waals surface area contributed by atoms with E-state index in [1.54, 1.807) is 11.1 Å². The average Bonchev–Trinajstić information content (AvgIpc) is 2.47. The SMILES string of the molecule is CC1CCC(CNc2cccc3c2CCCC3)CC1. The summed E-state index contributed by atoms with van der Waals surface area (Å²) in [6.07, 6.45) is 11.0. The monoisotopic (exact) mass is 257 g/mol. The molecule has 1 nitrogen and oxygen atoms in total. The normalized spacial score (nSPS) is 26.8. The first-order valence-corrected chi connectivity index (χ1v) is 8.17. The second kappa shape index (κ2) is 5.98. The van der Waals surface area contributed by atoms with Gasteiger partial charge in [0.05, 0.1) is 0 Å². The van der Waals surface area contributed by atoms with E-state index in [4.69, 9.17) is 0 Å². The summed E-state index contributed by atoms with van der Waals surface area (Å²) < 4.78 is 0. The zero-order chi connectivity index (χ0) is 13.1. The number of nitrogens with one attached hydrogen (secondary N) is 1. The fourth-order valence-electron chi connectivity index (χ4n) is 3.73. The van der Waals surface area contributed by atoms with Crippen molar-refractivity contribution in [1.29, 1.82) is 0 Å². The van der Waals surface area contributed by atoms with E-state index < -0.39 is 0 Å². The number of hydrogen-bond donors (Lipinski definition) is 1. The molecule has 3 rings (SSSR count). The molecular weight excluding hydrogens is 230 g/mol. The highest BCUT2D eigenvalue weighted by atomic mass is 14.9. The van der Waals surface area contributed by atoms with Gasteiger partial charge in [-0.3, -0.25) is 0 Å². The Balaban J connectivity index is 1.61. The lowest BCUT2D eigenvalue weighted by Gasteiger charge is -2.27. The van der Waals surface area contributed by atoms with Gasteiger partial charge in [-0.2, -0.15) is 0 Å². The second-order valence-corrected chi connectivity index (χ2v) is 6.66. The summed E-state index contributed by atoms with van der Waals surface area (Å²) in [4.78, 5) is 0. The quantitative estimate of drug-likeness (QED) is 0.820. The molecule has 19 heavy (non-hydrogen) atoms. The van der Waals surface area contributed by atoms with Crippen LogP contribution in [0.15, 0.2) is 18.2 Å². The van der Waals surface area contributed by atoms with Crippen LogP contribution in [-0.4, -0.2) is 6.54 Å². The van der Waals surface area contributed by atoms with Crippen molar-refractivity contribution in [3.63, 3.8) is 0 Å². The van der Waals surface area contributed by atoms with Gasteiger partial charge in [0.15, 0.2) is 0 Å². The maximum atomic E-state index is 3.76. The molecule has 0 atom stereocenters. The van der Waals surface area contributed by atoms with Gasteiger partial charge in [0, 0.05) is 12.2 Å². The van der Waals surface area contributed by atoms with Crippen LogP contribution >= 0.6 is 0 Å². The number of benzene rings is 1. The number of aryl methyl sites for hydroxylation is 1. The predicted molar refractivity (Wildman–Crippen MR) is 82.7 cm³/mol. The largest absolute Gasteiger partial charge is 0.385 e. The van der Waals surface area contributed by atoms with E-state index in [1.807, 2.05) is 0 Å². The van der Waals surface area contributed by atoms with Gasteiger partial charge < -0.3 is 5.32 Å². The Morgan fingerprint density at radius 1 is 1.05 bits per heavy atom. The van der Waals surface area contributed by atoms with E-state index >= 15 is 0 Å². The van der Waals surface area contributed by atoms with Crippen molar-refractivity contribution in [3.8, 4) is 0 Å². The Labute approximate surface area is 117 Å². The molecule has 0 heterocycles. The molecule has 0 aromatic heterocycles. The first kappa shape index (κ1) is 13.0. The van der Waals surface area contributed by atoms with Crippen molar-refractivity contribution >= 4 is 5.69 Å². The standard InChI is InChI=1S/C18H27N/c1-14-9-11-15(12-10-14)13-19-18-8-4-6-16-5-2-3-7-17(16)18/h4,6,8,14-15,19H,2-3,5,7,9-13H2,1H3. The molecule has 0 unspecified atom stereocenters. The van der Waals surface area contributed by atoms with Gasteiger partial charge in [0.1, 0.15) is 0 Å². The number of hydrogen-bond acceptors (Lipinski definition) is 1. The van der Waals surface area contributed by atoms with Crippen molar-refractivity contribution in [1.82, 2.24) is 0 Å². The summed E-state index contributed by atoms with van der Waals surface area (Å²) in [6, 6.07) is 6.84. The third-order valence-corrected chi connectivity index (χ3v) is 5.11. The molecule has 2 aliphatic rings. The smallest absolute Gasteiger partial charge is 0.0375 e. The van der Waals surface area contributed by atoms with Crippen LogP contribution in [0.4, 0.5) is 5.69 Å². The average molecular weight is 257 g/mol. The van der Waals surface area contributed by atoms with Gasteiger partial charge in [0.2, 0.25) is 0 Å². The number of fused-ring (bicyclic) bond motifs is 1. The fraction of sp³-hybridized carbons (Fsp3) is 0.667. The first-order valence-electron chi connectivity index (χ1n) is 8.17. The third-order valence-electron chi connectivity index (χ3n) is 5.11.